The maximum Gasteiger partial charge on any atom is 0.162 e. The Bertz CT molecular complexity index is 798. The third-order valence-electron chi connectivity index (χ3n) is 3.94. The van der Waals surface area contributed by atoms with Gasteiger partial charge in [-0.15, -0.1) is 0 Å². The Balaban J connectivity index is 2.37. The van der Waals surface area contributed by atoms with Crippen LogP contribution >= 0.6 is 7.26 Å². The van der Waals surface area contributed by atoms with Crippen LogP contribution in [0, 0.1) is 0 Å². The van der Waals surface area contributed by atoms with Crippen molar-refractivity contribution in [2.45, 2.75) is 0 Å². The molecule has 3 aromatic rings. The molecule has 5 heteroatoms. The van der Waals surface area contributed by atoms with E-state index in [-0.39, 0.29) is 0 Å². The molecule has 0 N–H and O–H groups in total. The maximum absolute atomic E-state index is 11.8. The molecular weight excluding hydrogens is 339 g/mol. The van der Waals surface area contributed by atoms with Crippen LogP contribution in [-0.4, -0.2) is 18.5 Å². The first-order chi connectivity index (χ1) is 11.5. The quantitative estimate of drug-likeness (QED) is 0.521. The Morgan fingerprint density at radius 3 is 1.17 bits per heavy atom. The van der Waals surface area contributed by atoms with Crippen LogP contribution < -0.4 is 15.9 Å². The summed E-state index contributed by atoms with van der Waals surface area (Å²) in [7, 11) is -7.00. The van der Waals surface area contributed by atoms with E-state index in [1.807, 2.05) is 91.0 Å². The summed E-state index contributed by atoms with van der Waals surface area (Å²) in [6.45, 7) is 0. The van der Waals surface area contributed by atoms with Crippen LogP contribution in [0.4, 0.5) is 0 Å². The van der Waals surface area contributed by atoms with Gasteiger partial charge in [-0.1, -0.05) is 54.6 Å². The number of rotatable bonds is 5. The van der Waals surface area contributed by atoms with Gasteiger partial charge < -0.3 is 4.55 Å². The fourth-order valence-corrected chi connectivity index (χ4v) is 9.58. The van der Waals surface area contributed by atoms with Crippen molar-refractivity contribution in [3.05, 3.63) is 91.0 Å². The second-order valence-corrected chi connectivity index (χ2v) is 10.8. The van der Waals surface area contributed by atoms with Crippen molar-refractivity contribution in [2.24, 2.45) is 0 Å². The smallest absolute Gasteiger partial charge is 0.162 e. The molecule has 0 heterocycles. The highest BCUT2D eigenvalue weighted by Crippen LogP contribution is 2.55. The minimum atomic E-state index is -4.43. The highest BCUT2D eigenvalue weighted by Gasteiger charge is 2.47. The summed E-state index contributed by atoms with van der Waals surface area (Å²) in [5.74, 6) is 0. The van der Waals surface area contributed by atoms with Crippen LogP contribution in [0.2, 0.25) is 0 Å². The SMILES string of the molecule is O=S(=O)([O-])C[P+](c1ccccc1)(c1ccccc1)c1ccccc1. The van der Waals surface area contributed by atoms with Crippen LogP contribution in [-0.2, 0) is 10.1 Å². The Kier molecular flexibility index (Phi) is 4.81. The highest BCUT2D eigenvalue weighted by molar-refractivity contribution is 8.07. The van der Waals surface area contributed by atoms with Gasteiger partial charge in [-0.05, 0) is 36.4 Å². The summed E-state index contributed by atoms with van der Waals surface area (Å²) in [4.78, 5) is 0. The van der Waals surface area contributed by atoms with Crippen LogP contribution in [0.15, 0.2) is 91.0 Å². The van der Waals surface area contributed by atoms with Gasteiger partial charge >= 0.3 is 0 Å². The van der Waals surface area contributed by atoms with Crippen molar-refractivity contribution in [1.82, 2.24) is 0 Å². The maximum atomic E-state index is 11.8. The third-order valence-corrected chi connectivity index (χ3v) is 10.3. The van der Waals surface area contributed by atoms with Crippen LogP contribution in [0.5, 0.6) is 0 Å². The van der Waals surface area contributed by atoms with E-state index >= 15 is 0 Å². The van der Waals surface area contributed by atoms with Gasteiger partial charge in [-0.3, -0.25) is 0 Å². The van der Waals surface area contributed by atoms with Crippen LogP contribution in [0.1, 0.15) is 0 Å². The first-order valence-electron chi connectivity index (χ1n) is 7.51. The summed E-state index contributed by atoms with van der Waals surface area (Å²) >= 11 is 0. The lowest BCUT2D eigenvalue weighted by molar-refractivity contribution is 0.468. The Hall–Kier alpha value is -2.00. The molecule has 0 aliphatic heterocycles. The first-order valence-corrected chi connectivity index (χ1v) is 11.1. The zero-order valence-corrected chi connectivity index (χ0v) is 14.7. The van der Waals surface area contributed by atoms with E-state index in [9.17, 15) is 13.0 Å². The van der Waals surface area contributed by atoms with Gasteiger partial charge in [0.05, 0.1) is 0 Å². The van der Waals surface area contributed by atoms with Gasteiger partial charge in [0.1, 0.15) is 33.3 Å². The number of hydrogen-bond donors (Lipinski definition) is 0. The first kappa shape index (κ1) is 16.8. The Labute approximate surface area is 143 Å². The molecule has 0 spiro atoms. The van der Waals surface area contributed by atoms with Gasteiger partial charge in [-0.25, -0.2) is 8.42 Å². The van der Waals surface area contributed by atoms with Gasteiger partial charge in [0.25, 0.3) is 0 Å². The molecule has 0 aliphatic carbocycles. The fraction of sp³-hybridized carbons (Fsp3) is 0.0526. The average molecular weight is 356 g/mol. The zero-order valence-electron chi connectivity index (χ0n) is 12.9. The van der Waals surface area contributed by atoms with E-state index in [0.717, 1.165) is 15.9 Å². The standard InChI is InChI=1S/C19H17O3PS/c20-24(21,22)16-23(17-10-4-1-5-11-17,18-12-6-2-7-13-18)19-14-8-3-9-15-19/h1-15H,16H2. The molecule has 0 saturated heterocycles. The Morgan fingerprint density at radius 1 is 0.625 bits per heavy atom. The summed E-state index contributed by atoms with van der Waals surface area (Å²) in [6, 6.07) is 28.5. The minimum Gasteiger partial charge on any atom is -0.745 e. The van der Waals surface area contributed by atoms with Crippen molar-refractivity contribution >= 4 is 33.3 Å². The summed E-state index contributed by atoms with van der Waals surface area (Å²) < 4.78 is 35.5. The summed E-state index contributed by atoms with van der Waals surface area (Å²) in [5.41, 5.74) is -0.419. The molecule has 0 fully saturated rings. The second kappa shape index (κ2) is 6.86. The Morgan fingerprint density at radius 2 is 0.917 bits per heavy atom. The molecule has 3 aromatic carbocycles. The van der Waals surface area contributed by atoms with Crippen molar-refractivity contribution in [1.29, 1.82) is 0 Å². The molecule has 122 valence electrons. The lowest BCUT2D eigenvalue weighted by atomic mass is 10.4. The van der Waals surface area contributed by atoms with Crippen molar-refractivity contribution in [3.8, 4) is 0 Å². The summed E-state index contributed by atoms with van der Waals surface area (Å²) in [6.07, 6.45) is 0. The monoisotopic (exact) mass is 356 g/mol. The molecular formula is C19H17O3PS. The number of hydrogen-bond acceptors (Lipinski definition) is 3. The second-order valence-electron chi connectivity index (χ2n) is 5.50. The van der Waals surface area contributed by atoms with Crippen molar-refractivity contribution in [2.75, 3.05) is 5.49 Å². The van der Waals surface area contributed by atoms with Crippen molar-refractivity contribution in [3.63, 3.8) is 0 Å². The molecule has 3 nitrogen and oxygen atoms in total. The number of benzene rings is 3. The van der Waals surface area contributed by atoms with Gasteiger partial charge in [0.15, 0.2) is 5.49 Å². The average Bonchev–Trinajstić information content (AvgIpc) is 2.61. The lowest BCUT2D eigenvalue weighted by Crippen LogP contribution is -2.35. The fourth-order valence-electron chi connectivity index (χ4n) is 2.96. The predicted molar refractivity (Wildman–Crippen MR) is 99.7 cm³/mol. The molecule has 0 saturated carbocycles. The molecule has 0 aliphatic rings. The van der Waals surface area contributed by atoms with E-state index in [2.05, 4.69) is 0 Å². The van der Waals surface area contributed by atoms with Crippen LogP contribution in [0.3, 0.4) is 0 Å². The van der Waals surface area contributed by atoms with E-state index in [0.29, 0.717) is 0 Å². The molecule has 0 unspecified atom stereocenters. The van der Waals surface area contributed by atoms with Gasteiger partial charge in [0.2, 0.25) is 0 Å². The van der Waals surface area contributed by atoms with E-state index < -0.39 is 22.9 Å². The molecule has 0 bridgehead atoms. The van der Waals surface area contributed by atoms with Crippen LogP contribution in [0.25, 0.3) is 0 Å². The zero-order chi connectivity index (χ0) is 17.0. The van der Waals surface area contributed by atoms with Gasteiger partial charge in [0, 0.05) is 0 Å². The lowest BCUT2D eigenvalue weighted by Gasteiger charge is -2.28. The van der Waals surface area contributed by atoms with E-state index in [4.69, 9.17) is 0 Å². The summed E-state index contributed by atoms with van der Waals surface area (Å²) in [5, 5.41) is 2.67. The normalized spacial score (nSPS) is 12.0. The topological polar surface area (TPSA) is 57.2 Å². The molecule has 0 radical (unpaired) electrons. The molecule has 0 aromatic heterocycles. The molecule has 0 atom stereocenters. The molecule has 24 heavy (non-hydrogen) atoms. The third kappa shape index (κ3) is 3.41. The van der Waals surface area contributed by atoms with Gasteiger partial charge in [-0.2, -0.15) is 0 Å². The molecule has 3 rings (SSSR count). The largest absolute Gasteiger partial charge is 0.745 e. The van der Waals surface area contributed by atoms with E-state index in [1.54, 1.807) is 0 Å². The van der Waals surface area contributed by atoms with Crippen molar-refractivity contribution < 1.29 is 13.0 Å². The predicted octanol–water partition coefficient (Wildman–Crippen LogP) is 2.48. The highest BCUT2D eigenvalue weighted by atomic mass is 32.2. The van der Waals surface area contributed by atoms with E-state index in [1.165, 1.54) is 0 Å². The minimum absolute atomic E-state index is 0.419. The molecule has 0 amide bonds.